The van der Waals surface area contributed by atoms with E-state index in [1.54, 1.807) is 42.5 Å². The summed E-state index contributed by atoms with van der Waals surface area (Å²) in [7, 11) is 3.05. The van der Waals surface area contributed by atoms with E-state index in [-0.39, 0.29) is 18.1 Å². The first kappa shape index (κ1) is 23.9. The molecule has 0 aliphatic rings. The van der Waals surface area contributed by atoms with Crippen LogP contribution in [0.25, 0.3) is 0 Å². The van der Waals surface area contributed by atoms with Crippen LogP contribution >= 0.6 is 0 Å². The number of Topliss-reactive ketones (excluding diaryl/α,β-unsaturated/α-hetero) is 1. The minimum absolute atomic E-state index is 0.00422. The van der Waals surface area contributed by atoms with Crippen LogP contribution in [-0.2, 0) is 20.7 Å². The van der Waals surface area contributed by atoms with Crippen LogP contribution in [0.15, 0.2) is 42.5 Å². The number of anilines is 1. The summed E-state index contributed by atoms with van der Waals surface area (Å²) in [6.07, 6.45) is -0.946. The third kappa shape index (κ3) is 6.57. The van der Waals surface area contributed by atoms with Gasteiger partial charge in [0.2, 0.25) is 11.7 Å². The lowest BCUT2D eigenvalue weighted by atomic mass is 9.95. The van der Waals surface area contributed by atoms with Crippen molar-refractivity contribution >= 4 is 23.3 Å². The normalized spacial score (nSPS) is 11.9. The van der Waals surface area contributed by atoms with Gasteiger partial charge in [-0.2, -0.15) is 0 Å². The highest BCUT2D eigenvalue weighted by Crippen LogP contribution is 2.28. The Kier molecular flexibility index (Phi) is 7.80. The average molecular weight is 427 g/mol. The number of amides is 1. The van der Waals surface area contributed by atoms with E-state index in [1.165, 1.54) is 21.1 Å². The summed E-state index contributed by atoms with van der Waals surface area (Å²) in [6.45, 7) is 6.99. The van der Waals surface area contributed by atoms with Crippen LogP contribution in [0.5, 0.6) is 11.5 Å². The van der Waals surface area contributed by atoms with Crippen molar-refractivity contribution in [3.63, 3.8) is 0 Å². The minimum atomic E-state index is -0.942. The molecule has 0 aliphatic heterocycles. The van der Waals surface area contributed by atoms with E-state index in [0.717, 1.165) is 0 Å². The standard InChI is InChI=1S/C24H29NO6/c1-15(31-21(26)14-16-7-12-19(29-5)20(13-16)30-6)22(27)17-8-10-18(11-9-17)25-23(28)24(2,3)4/h7-13,15H,14H2,1-6H3,(H,25,28)/t15-/m0/s1. The number of carbonyl (C=O) groups is 3. The molecule has 7 heteroatoms. The fraction of sp³-hybridized carbons (Fsp3) is 0.375. The van der Waals surface area contributed by atoms with Crippen LogP contribution in [-0.4, -0.2) is 38.0 Å². The number of benzene rings is 2. The van der Waals surface area contributed by atoms with Crippen molar-refractivity contribution < 1.29 is 28.6 Å². The van der Waals surface area contributed by atoms with Crippen molar-refractivity contribution in [2.45, 2.75) is 40.2 Å². The van der Waals surface area contributed by atoms with Gasteiger partial charge in [0.15, 0.2) is 17.6 Å². The van der Waals surface area contributed by atoms with Crippen LogP contribution in [0.1, 0.15) is 43.6 Å². The van der Waals surface area contributed by atoms with Gasteiger partial charge in [-0.3, -0.25) is 14.4 Å². The first-order chi connectivity index (χ1) is 14.5. The highest BCUT2D eigenvalue weighted by Gasteiger charge is 2.22. The molecule has 0 aromatic heterocycles. The highest BCUT2D eigenvalue weighted by molar-refractivity contribution is 6.01. The van der Waals surface area contributed by atoms with Crippen molar-refractivity contribution in [1.82, 2.24) is 0 Å². The molecular formula is C24H29NO6. The van der Waals surface area contributed by atoms with Gasteiger partial charge in [-0.05, 0) is 48.9 Å². The molecule has 2 aromatic rings. The fourth-order valence-corrected chi connectivity index (χ4v) is 2.72. The zero-order chi connectivity index (χ0) is 23.2. The maximum absolute atomic E-state index is 12.6. The lowest BCUT2D eigenvalue weighted by Crippen LogP contribution is -2.27. The van der Waals surface area contributed by atoms with E-state index in [2.05, 4.69) is 5.32 Å². The van der Waals surface area contributed by atoms with Gasteiger partial charge in [0.05, 0.1) is 20.6 Å². The Morgan fingerprint density at radius 1 is 0.935 bits per heavy atom. The molecule has 0 saturated carbocycles. The van der Waals surface area contributed by atoms with Crippen LogP contribution in [0.2, 0.25) is 0 Å². The predicted octanol–water partition coefficient (Wildman–Crippen LogP) is 4.05. The molecule has 0 spiro atoms. The lowest BCUT2D eigenvalue weighted by molar-refractivity contribution is -0.145. The monoisotopic (exact) mass is 427 g/mol. The zero-order valence-corrected chi connectivity index (χ0v) is 18.8. The maximum atomic E-state index is 12.6. The summed E-state index contributed by atoms with van der Waals surface area (Å²) >= 11 is 0. The quantitative estimate of drug-likeness (QED) is 0.505. The molecule has 0 radical (unpaired) electrons. The van der Waals surface area contributed by atoms with Crippen LogP contribution in [0.4, 0.5) is 5.69 Å². The highest BCUT2D eigenvalue weighted by atomic mass is 16.5. The molecule has 0 heterocycles. The van der Waals surface area contributed by atoms with E-state index in [4.69, 9.17) is 14.2 Å². The Labute approximate surface area is 182 Å². The van der Waals surface area contributed by atoms with E-state index in [0.29, 0.717) is 28.3 Å². The predicted molar refractivity (Wildman–Crippen MR) is 118 cm³/mol. The second-order valence-electron chi connectivity index (χ2n) is 8.14. The number of carbonyl (C=O) groups excluding carboxylic acids is 3. The summed E-state index contributed by atoms with van der Waals surface area (Å²) in [5.41, 5.74) is 1.14. The van der Waals surface area contributed by atoms with E-state index in [1.807, 2.05) is 20.8 Å². The van der Waals surface area contributed by atoms with Crippen LogP contribution in [0.3, 0.4) is 0 Å². The number of rotatable bonds is 8. The first-order valence-corrected chi connectivity index (χ1v) is 9.91. The summed E-state index contributed by atoms with van der Waals surface area (Å²) in [4.78, 5) is 37.0. The largest absolute Gasteiger partial charge is 0.493 e. The Morgan fingerprint density at radius 3 is 2.10 bits per heavy atom. The molecule has 1 amide bonds. The second-order valence-corrected chi connectivity index (χ2v) is 8.14. The fourth-order valence-electron chi connectivity index (χ4n) is 2.72. The molecule has 0 saturated heterocycles. The number of hydrogen-bond donors (Lipinski definition) is 1. The van der Waals surface area contributed by atoms with Crippen molar-refractivity contribution in [3.8, 4) is 11.5 Å². The molecule has 1 N–H and O–H groups in total. The molecule has 7 nitrogen and oxygen atoms in total. The molecule has 0 aliphatic carbocycles. The third-order valence-electron chi connectivity index (χ3n) is 4.58. The molecule has 31 heavy (non-hydrogen) atoms. The van der Waals surface area contributed by atoms with Gasteiger partial charge in [-0.1, -0.05) is 26.8 Å². The molecule has 0 unspecified atom stereocenters. The molecule has 0 fully saturated rings. The van der Waals surface area contributed by atoms with Crippen molar-refractivity contribution in [2.24, 2.45) is 5.41 Å². The molecule has 166 valence electrons. The van der Waals surface area contributed by atoms with Gasteiger partial charge in [0.1, 0.15) is 0 Å². The molecule has 0 bridgehead atoms. The van der Waals surface area contributed by atoms with E-state index < -0.39 is 17.5 Å². The van der Waals surface area contributed by atoms with Crippen molar-refractivity contribution in [2.75, 3.05) is 19.5 Å². The molecule has 2 rings (SSSR count). The molecular weight excluding hydrogens is 398 g/mol. The SMILES string of the molecule is COc1ccc(CC(=O)O[C@@H](C)C(=O)c2ccc(NC(=O)C(C)(C)C)cc2)cc1OC. The summed E-state index contributed by atoms with van der Waals surface area (Å²) in [5, 5.41) is 2.80. The Morgan fingerprint density at radius 2 is 1.55 bits per heavy atom. The van der Waals surface area contributed by atoms with Crippen LogP contribution < -0.4 is 14.8 Å². The number of ether oxygens (including phenoxy) is 3. The van der Waals surface area contributed by atoms with Gasteiger partial charge in [-0.25, -0.2) is 0 Å². The Balaban J connectivity index is 1.97. The Bertz CT molecular complexity index is 944. The maximum Gasteiger partial charge on any atom is 0.310 e. The zero-order valence-electron chi connectivity index (χ0n) is 18.8. The number of esters is 1. The number of ketones is 1. The summed E-state index contributed by atoms with van der Waals surface area (Å²) < 4.78 is 15.7. The first-order valence-electron chi connectivity index (χ1n) is 9.91. The minimum Gasteiger partial charge on any atom is -0.493 e. The topological polar surface area (TPSA) is 90.9 Å². The van der Waals surface area contributed by atoms with Crippen molar-refractivity contribution in [3.05, 3.63) is 53.6 Å². The average Bonchev–Trinajstić information content (AvgIpc) is 2.72. The Hall–Kier alpha value is -3.35. The third-order valence-corrected chi connectivity index (χ3v) is 4.58. The van der Waals surface area contributed by atoms with Gasteiger partial charge in [0.25, 0.3) is 0 Å². The molecule has 1 atom stereocenters. The van der Waals surface area contributed by atoms with E-state index in [9.17, 15) is 14.4 Å². The number of methoxy groups -OCH3 is 2. The van der Waals surface area contributed by atoms with Gasteiger partial charge < -0.3 is 19.5 Å². The second kappa shape index (κ2) is 10.1. The van der Waals surface area contributed by atoms with Gasteiger partial charge in [-0.15, -0.1) is 0 Å². The summed E-state index contributed by atoms with van der Waals surface area (Å²) in [6, 6.07) is 11.6. The smallest absolute Gasteiger partial charge is 0.310 e. The van der Waals surface area contributed by atoms with E-state index >= 15 is 0 Å². The summed E-state index contributed by atoms with van der Waals surface area (Å²) in [5.74, 6) is 0.0985. The number of hydrogen-bond acceptors (Lipinski definition) is 6. The van der Waals surface area contributed by atoms with Crippen LogP contribution in [0, 0.1) is 5.41 Å². The number of nitrogens with one attached hydrogen (secondary N) is 1. The lowest BCUT2D eigenvalue weighted by Gasteiger charge is -2.18. The molecule has 2 aromatic carbocycles. The van der Waals surface area contributed by atoms with Crippen molar-refractivity contribution in [1.29, 1.82) is 0 Å². The van der Waals surface area contributed by atoms with Gasteiger partial charge in [0, 0.05) is 16.7 Å². The van der Waals surface area contributed by atoms with Gasteiger partial charge >= 0.3 is 5.97 Å².